The largest absolute Gasteiger partial charge is 0.358 e. The maximum Gasteiger partial charge on any atom is 0.228 e. The number of nitrogens with zero attached hydrogens (tertiary/aromatic N) is 2. The maximum atomic E-state index is 12.9. The van der Waals surface area contributed by atoms with Gasteiger partial charge in [-0.15, -0.1) is 11.3 Å². The molecule has 0 saturated carbocycles. The minimum absolute atomic E-state index is 0.0105. The molecule has 6 nitrogen and oxygen atoms in total. The summed E-state index contributed by atoms with van der Waals surface area (Å²) >= 11 is 1.41. The summed E-state index contributed by atoms with van der Waals surface area (Å²) < 4.78 is 0. The van der Waals surface area contributed by atoms with Gasteiger partial charge in [0.15, 0.2) is 5.13 Å². The van der Waals surface area contributed by atoms with Crippen molar-refractivity contribution in [2.45, 2.75) is 32.7 Å². The lowest BCUT2D eigenvalue weighted by Gasteiger charge is -2.36. The molecular weight excluding hydrogens is 420 g/mol. The average Bonchev–Trinajstić information content (AvgIpc) is 3.36. The highest BCUT2D eigenvalue weighted by molar-refractivity contribution is 7.14. The molecule has 2 aromatic heterocycles. The summed E-state index contributed by atoms with van der Waals surface area (Å²) in [6.07, 6.45) is 1.02. The Hall–Kier alpha value is -3.45. The van der Waals surface area contributed by atoms with Crippen molar-refractivity contribution >= 4 is 39.2 Å². The molecule has 0 bridgehead atoms. The average molecular weight is 445 g/mol. The van der Waals surface area contributed by atoms with Gasteiger partial charge in [0.1, 0.15) is 0 Å². The molecule has 0 fully saturated rings. The fraction of sp³-hybridized carbons (Fsp3) is 0.240. The number of hydrogen-bond acceptors (Lipinski definition) is 4. The SMILES string of the molecule is CC(=O)N1CCc2ccccc2C1CC(=O)Nc1nc(-c2c(C)[nH]c3ccccc23)cs1. The fourth-order valence-corrected chi connectivity index (χ4v) is 5.36. The van der Waals surface area contributed by atoms with E-state index in [4.69, 9.17) is 0 Å². The highest BCUT2D eigenvalue weighted by atomic mass is 32.1. The number of para-hydroxylation sites is 1. The molecule has 7 heteroatoms. The zero-order valence-corrected chi connectivity index (χ0v) is 18.8. The van der Waals surface area contributed by atoms with Crippen LogP contribution in [0.3, 0.4) is 0 Å². The van der Waals surface area contributed by atoms with Gasteiger partial charge in [-0.3, -0.25) is 9.59 Å². The van der Waals surface area contributed by atoms with Gasteiger partial charge >= 0.3 is 0 Å². The van der Waals surface area contributed by atoms with Crippen molar-refractivity contribution in [1.29, 1.82) is 0 Å². The molecule has 2 N–H and O–H groups in total. The zero-order valence-electron chi connectivity index (χ0n) is 18.0. The number of aromatic amines is 1. The minimum Gasteiger partial charge on any atom is -0.358 e. The van der Waals surface area contributed by atoms with Crippen molar-refractivity contribution in [3.8, 4) is 11.3 Å². The molecule has 3 heterocycles. The number of aromatic nitrogens is 2. The molecule has 2 amide bonds. The number of fused-ring (bicyclic) bond motifs is 2. The summed E-state index contributed by atoms with van der Waals surface area (Å²) in [4.78, 5) is 35.0. The number of benzene rings is 2. The van der Waals surface area contributed by atoms with Gasteiger partial charge in [-0.25, -0.2) is 4.98 Å². The van der Waals surface area contributed by atoms with Crippen LogP contribution in [0.1, 0.15) is 36.2 Å². The molecule has 1 atom stereocenters. The lowest BCUT2D eigenvalue weighted by molar-refractivity contribution is -0.132. The second kappa shape index (κ2) is 8.24. The molecule has 2 aromatic carbocycles. The number of anilines is 1. The van der Waals surface area contributed by atoms with Crippen LogP contribution < -0.4 is 5.32 Å². The van der Waals surface area contributed by atoms with Crippen LogP contribution in [0.2, 0.25) is 0 Å². The summed E-state index contributed by atoms with van der Waals surface area (Å²) in [7, 11) is 0. The third-order valence-corrected chi connectivity index (χ3v) is 6.85. The lowest BCUT2D eigenvalue weighted by atomic mass is 9.90. The Morgan fingerprint density at radius 2 is 1.97 bits per heavy atom. The molecule has 4 aromatic rings. The number of amides is 2. The summed E-state index contributed by atoms with van der Waals surface area (Å²) in [6.45, 7) is 4.23. The van der Waals surface area contributed by atoms with Gasteiger partial charge in [0.25, 0.3) is 0 Å². The van der Waals surface area contributed by atoms with E-state index in [0.29, 0.717) is 11.7 Å². The number of H-pyrrole nitrogens is 1. The lowest BCUT2D eigenvalue weighted by Crippen LogP contribution is -2.40. The molecule has 0 radical (unpaired) electrons. The summed E-state index contributed by atoms with van der Waals surface area (Å²) in [5.41, 5.74) is 6.27. The van der Waals surface area contributed by atoms with Crippen molar-refractivity contribution in [1.82, 2.24) is 14.9 Å². The fourth-order valence-electron chi connectivity index (χ4n) is 4.65. The van der Waals surface area contributed by atoms with E-state index in [1.54, 1.807) is 11.8 Å². The van der Waals surface area contributed by atoms with Crippen LogP contribution in [0.5, 0.6) is 0 Å². The Kier molecular flexibility index (Phi) is 5.27. The summed E-state index contributed by atoms with van der Waals surface area (Å²) in [5, 5.41) is 6.60. The van der Waals surface area contributed by atoms with Crippen LogP contribution in [-0.2, 0) is 16.0 Å². The van der Waals surface area contributed by atoms with Crippen molar-refractivity contribution in [3.05, 3.63) is 70.7 Å². The van der Waals surface area contributed by atoms with Crippen LogP contribution in [0.4, 0.5) is 5.13 Å². The van der Waals surface area contributed by atoms with Crippen molar-refractivity contribution in [3.63, 3.8) is 0 Å². The first-order valence-corrected chi connectivity index (χ1v) is 11.6. The topological polar surface area (TPSA) is 78.1 Å². The van der Waals surface area contributed by atoms with Crippen molar-refractivity contribution in [2.75, 3.05) is 11.9 Å². The smallest absolute Gasteiger partial charge is 0.228 e. The highest BCUT2D eigenvalue weighted by Gasteiger charge is 2.30. The number of rotatable bonds is 4. The zero-order chi connectivity index (χ0) is 22.2. The molecule has 1 aliphatic rings. The number of hydrogen-bond donors (Lipinski definition) is 2. The molecule has 162 valence electrons. The van der Waals surface area contributed by atoms with Crippen molar-refractivity contribution < 1.29 is 9.59 Å². The van der Waals surface area contributed by atoms with Crippen LogP contribution in [0.25, 0.3) is 22.2 Å². The third kappa shape index (κ3) is 3.69. The first-order chi connectivity index (χ1) is 15.5. The Bertz CT molecular complexity index is 1320. The van der Waals surface area contributed by atoms with E-state index in [-0.39, 0.29) is 24.3 Å². The summed E-state index contributed by atoms with van der Waals surface area (Å²) in [5.74, 6) is -0.154. The third-order valence-electron chi connectivity index (χ3n) is 6.10. The molecule has 1 unspecified atom stereocenters. The van der Waals surface area contributed by atoms with Gasteiger partial charge in [-0.1, -0.05) is 42.5 Å². The predicted octanol–water partition coefficient (Wildman–Crippen LogP) is 5.07. The van der Waals surface area contributed by atoms with E-state index in [1.807, 2.05) is 48.7 Å². The van der Waals surface area contributed by atoms with Crippen LogP contribution in [0, 0.1) is 6.92 Å². The van der Waals surface area contributed by atoms with E-state index in [2.05, 4.69) is 27.4 Å². The molecule has 0 spiro atoms. The van der Waals surface area contributed by atoms with E-state index in [0.717, 1.165) is 39.8 Å². The van der Waals surface area contributed by atoms with Gasteiger partial charge in [0, 0.05) is 41.0 Å². The quantitative estimate of drug-likeness (QED) is 0.461. The standard InChI is InChI=1S/C25H24N4O2S/c1-15-24(19-9-5-6-10-20(19)26-15)21-14-32-25(27-21)28-23(31)13-22-18-8-4-3-7-17(18)11-12-29(22)16(2)30/h3-10,14,22,26H,11-13H2,1-2H3,(H,27,28,31). The summed E-state index contributed by atoms with van der Waals surface area (Å²) in [6, 6.07) is 15.9. The highest BCUT2D eigenvalue weighted by Crippen LogP contribution is 2.35. The molecule has 1 aliphatic heterocycles. The Morgan fingerprint density at radius 3 is 2.81 bits per heavy atom. The molecule has 0 saturated heterocycles. The molecular formula is C25H24N4O2S. The van der Waals surface area contributed by atoms with Crippen LogP contribution in [-0.4, -0.2) is 33.2 Å². The monoisotopic (exact) mass is 444 g/mol. The van der Waals surface area contributed by atoms with E-state index >= 15 is 0 Å². The molecule has 5 rings (SSSR count). The van der Waals surface area contributed by atoms with Gasteiger partial charge in [-0.05, 0) is 30.5 Å². The van der Waals surface area contributed by atoms with Crippen molar-refractivity contribution in [2.24, 2.45) is 0 Å². The normalized spacial score (nSPS) is 15.6. The Balaban J connectivity index is 1.36. The number of nitrogens with one attached hydrogen (secondary N) is 2. The second-order valence-corrected chi connectivity index (χ2v) is 9.00. The van der Waals surface area contributed by atoms with E-state index in [1.165, 1.54) is 16.9 Å². The van der Waals surface area contributed by atoms with Gasteiger partial charge in [0.05, 0.1) is 18.2 Å². The Morgan fingerprint density at radius 1 is 1.19 bits per heavy atom. The number of aryl methyl sites for hydroxylation is 1. The van der Waals surface area contributed by atoms with E-state index < -0.39 is 0 Å². The van der Waals surface area contributed by atoms with Gasteiger partial charge in [0.2, 0.25) is 11.8 Å². The Labute approximate surface area is 190 Å². The first-order valence-electron chi connectivity index (χ1n) is 10.7. The minimum atomic E-state index is -0.257. The number of carbonyl (C=O) groups excluding carboxylic acids is 2. The maximum absolute atomic E-state index is 12.9. The van der Waals surface area contributed by atoms with Gasteiger partial charge < -0.3 is 15.2 Å². The molecule has 0 aliphatic carbocycles. The van der Waals surface area contributed by atoms with E-state index in [9.17, 15) is 9.59 Å². The first kappa shape index (κ1) is 20.5. The predicted molar refractivity (Wildman–Crippen MR) is 128 cm³/mol. The van der Waals surface area contributed by atoms with Gasteiger partial charge in [-0.2, -0.15) is 0 Å². The number of thiazole rings is 1. The molecule has 32 heavy (non-hydrogen) atoms. The van der Waals surface area contributed by atoms with Crippen LogP contribution in [0.15, 0.2) is 53.9 Å². The van der Waals surface area contributed by atoms with Crippen LogP contribution >= 0.6 is 11.3 Å². The number of carbonyl (C=O) groups is 2. The second-order valence-electron chi connectivity index (χ2n) is 8.14.